The fourth-order valence-corrected chi connectivity index (χ4v) is 2.02. The lowest BCUT2D eigenvalue weighted by Crippen LogP contribution is -2.18. The molecule has 3 heteroatoms. The molecule has 0 spiro atoms. The number of rotatable bonds is 4. The lowest BCUT2D eigenvalue weighted by atomic mass is 10.1. The second kappa shape index (κ2) is 5.98. The lowest BCUT2D eigenvalue weighted by Gasteiger charge is -2.14. The summed E-state index contributed by atoms with van der Waals surface area (Å²) in [5, 5.41) is 3.83. The highest BCUT2D eigenvalue weighted by atomic mass is 35.5. The molecule has 0 aliphatic rings. The van der Waals surface area contributed by atoms with Crippen molar-refractivity contribution in [2.45, 2.75) is 19.5 Å². The van der Waals surface area contributed by atoms with E-state index in [0.29, 0.717) is 11.6 Å². The van der Waals surface area contributed by atoms with Gasteiger partial charge in [-0.3, -0.25) is 0 Å². The van der Waals surface area contributed by atoms with Crippen molar-refractivity contribution in [3.63, 3.8) is 0 Å². The maximum Gasteiger partial charge on any atom is 0.124 e. The Bertz CT molecular complexity index is 513. The van der Waals surface area contributed by atoms with Gasteiger partial charge in [-0.15, -0.1) is 0 Å². The Hall–Kier alpha value is -1.38. The average Bonchev–Trinajstić information content (AvgIpc) is 2.38. The molecule has 0 unspecified atom stereocenters. The van der Waals surface area contributed by atoms with Gasteiger partial charge in [-0.25, -0.2) is 4.39 Å². The molecule has 0 heterocycles. The Morgan fingerprint density at radius 3 is 2.56 bits per heavy atom. The first-order valence-corrected chi connectivity index (χ1v) is 6.27. The highest BCUT2D eigenvalue weighted by Gasteiger charge is 2.06. The van der Waals surface area contributed by atoms with Crippen molar-refractivity contribution in [1.29, 1.82) is 0 Å². The van der Waals surface area contributed by atoms with Crippen molar-refractivity contribution in [2.75, 3.05) is 0 Å². The molecule has 18 heavy (non-hydrogen) atoms. The maximum absolute atomic E-state index is 12.9. The molecule has 0 aliphatic heterocycles. The normalized spacial score (nSPS) is 12.4. The molecule has 0 amide bonds. The third-order valence-electron chi connectivity index (χ3n) is 2.91. The van der Waals surface area contributed by atoms with Crippen molar-refractivity contribution >= 4 is 11.6 Å². The Balaban J connectivity index is 1.99. The maximum atomic E-state index is 12.9. The molecular formula is C15H15ClFN. The highest BCUT2D eigenvalue weighted by Crippen LogP contribution is 2.18. The molecule has 2 aromatic rings. The molecule has 1 atom stereocenters. The van der Waals surface area contributed by atoms with Crippen LogP contribution in [-0.2, 0) is 6.54 Å². The number of benzene rings is 2. The quantitative estimate of drug-likeness (QED) is 0.866. The van der Waals surface area contributed by atoms with Gasteiger partial charge in [0.25, 0.3) is 0 Å². The largest absolute Gasteiger partial charge is 0.306 e. The van der Waals surface area contributed by atoms with Crippen LogP contribution in [0, 0.1) is 5.82 Å². The van der Waals surface area contributed by atoms with E-state index in [4.69, 9.17) is 11.6 Å². The van der Waals surface area contributed by atoms with Gasteiger partial charge in [0.05, 0.1) is 0 Å². The summed E-state index contributed by atoms with van der Waals surface area (Å²) in [5.41, 5.74) is 2.12. The Labute approximate surface area is 112 Å². The molecule has 0 radical (unpaired) electrons. The first-order chi connectivity index (χ1) is 8.66. The van der Waals surface area contributed by atoms with Crippen LogP contribution >= 0.6 is 11.6 Å². The van der Waals surface area contributed by atoms with Gasteiger partial charge in [0.1, 0.15) is 5.82 Å². The molecule has 1 nitrogen and oxygen atoms in total. The standard InChI is InChI=1S/C15H15ClFN/c1-11(12-5-3-2-4-6-12)18-10-13-7-8-14(17)9-15(13)16/h2-9,11,18H,10H2,1H3/t11-/m0/s1. The van der Waals surface area contributed by atoms with E-state index < -0.39 is 0 Å². The molecule has 0 aromatic heterocycles. The lowest BCUT2D eigenvalue weighted by molar-refractivity contribution is 0.573. The van der Waals surface area contributed by atoms with Crippen molar-refractivity contribution in [3.05, 3.63) is 70.5 Å². The summed E-state index contributed by atoms with van der Waals surface area (Å²) in [6.45, 7) is 2.71. The fraction of sp³-hybridized carbons (Fsp3) is 0.200. The molecule has 2 rings (SSSR count). The van der Waals surface area contributed by atoms with Crippen LogP contribution in [0.25, 0.3) is 0 Å². The van der Waals surface area contributed by atoms with E-state index in [1.165, 1.54) is 17.7 Å². The molecule has 0 saturated heterocycles. The minimum atomic E-state index is -0.306. The molecular weight excluding hydrogens is 249 g/mol. The first-order valence-electron chi connectivity index (χ1n) is 5.89. The fourth-order valence-electron chi connectivity index (χ4n) is 1.79. The molecule has 94 valence electrons. The topological polar surface area (TPSA) is 12.0 Å². The van der Waals surface area contributed by atoms with Gasteiger partial charge in [0.15, 0.2) is 0 Å². The van der Waals surface area contributed by atoms with Crippen LogP contribution in [-0.4, -0.2) is 0 Å². The zero-order chi connectivity index (χ0) is 13.0. The number of halogens is 2. The van der Waals surface area contributed by atoms with Gasteiger partial charge in [-0.2, -0.15) is 0 Å². The molecule has 1 N–H and O–H groups in total. The highest BCUT2D eigenvalue weighted by molar-refractivity contribution is 6.31. The third kappa shape index (κ3) is 3.31. The predicted octanol–water partition coefficient (Wildman–Crippen LogP) is 4.33. The Kier molecular flexibility index (Phi) is 4.34. The predicted molar refractivity (Wildman–Crippen MR) is 73.1 cm³/mol. The van der Waals surface area contributed by atoms with E-state index in [0.717, 1.165) is 5.56 Å². The van der Waals surface area contributed by atoms with Crippen LogP contribution in [0.1, 0.15) is 24.1 Å². The second-order valence-corrected chi connectivity index (χ2v) is 4.66. The molecule has 0 saturated carbocycles. The van der Waals surface area contributed by atoms with Gasteiger partial charge < -0.3 is 5.32 Å². The van der Waals surface area contributed by atoms with Crippen molar-refractivity contribution < 1.29 is 4.39 Å². The minimum Gasteiger partial charge on any atom is -0.306 e. The van der Waals surface area contributed by atoms with E-state index in [1.54, 1.807) is 6.07 Å². The molecule has 0 aliphatic carbocycles. The van der Waals surface area contributed by atoms with Crippen molar-refractivity contribution in [2.24, 2.45) is 0 Å². The van der Waals surface area contributed by atoms with Crippen molar-refractivity contribution in [1.82, 2.24) is 5.32 Å². The van der Waals surface area contributed by atoms with Gasteiger partial charge in [-0.05, 0) is 30.2 Å². The Morgan fingerprint density at radius 1 is 1.17 bits per heavy atom. The molecule has 0 bridgehead atoms. The Morgan fingerprint density at radius 2 is 1.89 bits per heavy atom. The minimum absolute atomic E-state index is 0.229. The third-order valence-corrected chi connectivity index (χ3v) is 3.27. The zero-order valence-electron chi connectivity index (χ0n) is 10.2. The smallest absolute Gasteiger partial charge is 0.124 e. The van der Waals surface area contributed by atoms with Gasteiger partial charge in [0.2, 0.25) is 0 Å². The van der Waals surface area contributed by atoms with Crippen LogP contribution in [0.4, 0.5) is 4.39 Å². The summed E-state index contributed by atoms with van der Waals surface area (Å²) in [5.74, 6) is -0.306. The van der Waals surface area contributed by atoms with E-state index in [2.05, 4.69) is 24.4 Å². The van der Waals surface area contributed by atoms with Crippen LogP contribution in [0.3, 0.4) is 0 Å². The van der Waals surface area contributed by atoms with Gasteiger partial charge in [-0.1, -0.05) is 48.0 Å². The summed E-state index contributed by atoms with van der Waals surface area (Å²) in [7, 11) is 0. The summed E-state index contributed by atoms with van der Waals surface area (Å²) in [6, 6.07) is 14.9. The summed E-state index contributed by atoms with van der Waals surface area (Å²) in [6.07, 6.45) is 0. The van der Waals surface area contributed by atoms with Gasteiger partial charge in [0, 0.05) is 17.6 Å². The van der Waals surface area contributed by atoms with Crippen LogP contribution in [0.5, 0.6) is 0 Å². The van der Waals surface area contributed by atoms with E-state index in [9.17, 15) is 4.39 Å². The molecule has 2 aromatic carbocycles. The second-order valence-electron chi connectivity index (χ2n) is 4.25. The SMILES string of the molecule is C[C@H](NCc1ccc(F)cc1Cl)c1ccccc1. The zero-order valence-corrected chi connectivity index (χ0v) is 10.9. The molecule has 0 fully saturated rings. The van der Waals surface area contributed by atoms with Crippen LogP contribution < -0.4 is 5.32 Å². The van der Waals surface area contributed by atoms with E-state index in [1.807, 2.05) is 18.2 Å². The monoisotopic (exact) mass is 263 g/mol. The summed E-state index contributed by atoms with van der Waals surface area (Å²) >= 11 is 5.98. The van der Waals surface area contributed by atoms with E-state index in [-0.39, 0.29) is 11.9 Å². The van der Waals surface area contributed by atoms with Crippen molar-refractivity contribution in [3.8, 4) is 0 Å². The van der Waals surface area contributed by atoms with E-state index >= 15 is 0 Å². The first kappa shape index (κ1) is 13.1. The summed E-state index contributed by atoms with van der Waals surface area (Å²) in [4.78, 5) is 0. The van der Waals surface area contributed by atoms with Gasteiger partial charge >= 0.3 is 0 Å². The van der Waals surface area contributed by atoms with Crippen LogP contribution in [0.2, 0.25) is 5.02 Å². The summed E-state index contributed by atoms with van der Waals surface area (Å²) < 4.78 is 12.9. The number of hydrogen-bond acceptors (Lipinski definition) is 1. The van der Waals surface area contributed by atoms with Crippen LogP contribution in [0.15, 0.2) is 48.5 Å². The number of hydrogen-bond donors (Lipinski definition) is 1. The average molecular weight is 264 g/mol. The number of nitrogens with one attached hydrogen (secondary N) is 1.